The molecule has 13 heteroatoms. The molecule has 0 amide bonds. The number of alkyl halides is 3. The van der Waals surface area contributed by atoms with E-state index in [0.29, 0.717) is 13.2 Å². The molecule has 4 rings (SSSR count). The summed E-state index contributed by atoms with van der Waals surface area (Å²) in [5, 5.41) is 3.02. The summed E-state index contributed by atoms with van der Waals surface area (Å²) in [6, 6.07) is 2.66. The second-order valence-electron chi connectivity index (χ2n) is 8.28. The summed E-state index contributed by atoms with van der Waals surface area (Å²) in [4.78, 5) is 3.96. The van der Waals surface area contributed by atoms with Gasteiger partial charge in [0, 0.05) is 57.3 Å². The lowest BCUT2D eigenvalue weighted by atomic mass is 9.84. The van der Waals surface area contributed by atoms with Crippen molar-refractivity contribution in [3.8, 4) is 5.75 Å². The topological polar surface area (TPSA) is 85.7 Å². The smallest absolute Gasteiger partial charge is 0.403 e. The standard InChI is InChI=1S/C20H24F4N4O4S/c1-27-10-19(25-12-27)33(29,30)28-8-15(13-3-2-6-31-11-13)17(9-28)26-14-4-5-16(21)18(7-14)32-20(22,23)24/h4-5,7,10,12-13,15,17,26H,2-3,6,8-9,11H2,1H3/t13-,15-,17+/m1/s1. The van der Waals surface area contributed by atoms with Crippen molar-refractivity contribution in [1.82, 2.24) is 13.9 Å². The quantitative estimate of drug-likeness (QED) is 0.625. The van der Waals surface area contributed by atoms with Crippen molar-refractivity contribution in [1.29, 1.82) is 0 Å². The van der Waals surface area contributed by atoms with Gasteiger partial charge in [0.1, 0.15) is 0 Å². The number of aryl methyl sites for hydroxylation is 1. The summed E-state index contributed by atoms with van der Waals surface area (Å²) in [6.45, 7) is 1.38. The lowest BCUT2D eigenvalue weighted by molar-refractivity contribution is -0.275. The molecule has 1 aromatic carbocycles. The number of imidazole rings is 1. The number of anilines is 1. The molecule has 2 aliphatic rings. The molecule has 2 aromatic rings. The first-order chi connectivity index (χ1) is 15.5. The molecule has 182 valence electrons. The minimum atomic E-state index is -5.04. The summed E-state index contributed by atoms with van der Waals surface area (Å²) in [6.07, 6.45) is -0.559. The average Bonchev–Trinajstić information content (AvgIpc) is 3.37. The Labute approximate surface area is 188 Å². The summed E-state index contributed by atoms with van der Waals surface area (Å²) in [5.41, 5.74) is 0.194. The molecule has 3 heterocycles. The van der Waals surface area contributed by atoms with E-state index in [4.69, 9.17) is 4.74 Å². The summed E-state index contributed by atoms with van der Waals surface area (Å²) < 4.78 is 90.1. The van der Waals surface area contributed by atoms with Crippen molar-refractivity contribution in [2.45, 2.75) is 30.3 Å². The van der Waals surface area contributed by atoms with E-state index < -0.39 is 34.0 Å². The summed E-state index contributed by atoms with van der Waals surface area (Å²) in [5.74, 6) is -2.21. The van der Waals surface area contributed by atoms with Crippen LogP contribution >= 0.6 is 0 Å². The minimum Gasteiger partial charge on any atom is -0.403 e. The predicted octanol–water partition coefficient (Wildman–Crippen LogP) is 2.99. The van der Waals surface area contributed by atoms with E-state index in [2.05, 4.69) is 15.0 Å². The molecule has 0 radical (unpaired) electrons. The third-order valence-corrected chi connectivity index (χ3v) is 7.64. The van der Waals surface area contributed by atoms with Gasteiger partial charge in [0.2, 0.25) is 0 Å². The molecule has 2 saturated heterocycles. The predicted molar refractivity (Wildman–Crippen MR) is 109 cm³/mol. The number of rotatable bonds is 6. The van der Waals surface area contributed by atoms with E-state index in [0.717, 1.165) is 25.0 Å². The van der Waals surface area contributed by atoms with Crippen molar-refractivity contribution >= 4 is 15.7 Å². The van der Waals surface area contributed by atoms with Crippen LogP contribution in [-0.4, -0.2) is 61.0 Å². The molecule has 2 aliphatic heterocycles. The van der Waals surface area contributed by atoms with Crippen LogP contribution in [0.5, 0.6) is 5.75 Å². The van der Waals surface area contributed by atoms with E-state index in [9.17, 15) is 26.0 Å². The van der Waals surface area contributed by atoms with Crippen LogP contribution in [0.25, 0.3) is 0 Å². The lowest BCUT2D eigenvalue weighted by Gasteiger charge is -2.31. The fourth-order valence-corrected chi connectivity index (χ4v) is 5.86. The highest BCUT2D eigenvalue weighted by molar-refractivity contribution is 7.89. The van der Waals surface area contributed by atoms with Crippen LogP contribution in [0.15, 0.2) is 35.7 Å². The Morgan fingerprint density at radius 2 is 2.06 bits per heavy atom. The third-order valence-electron chi connectivity index (χ3n) is 5.93. The summed E-state index contributed by atoms with van der Waals surface area (Å²) in [7, 11) is -2.20. The Balaban J connectivity index is 1.59. The second kappa shape index (κ2) is 9.11. The van der Waals surface area contributed by atoms with Crippen LogP contribution in [0.3, 0.4) is 0 Å². The Kier molecular flexibility index (Phi) is 6.56. The Morgan fingerprint density at radius 1 is 1.27 bits per heavy atom. The summed E-state index contributed by atoms with van der Waals surface area (Å²) >= 11 is 0. The van der Waals surface area contributed by atoms with Gasteiger partial charge < -0.3 is 19.4 Å². The van der Waals surface area contributed by atoms with Gasteiger partial charge in [0.15, 0.2) is 16.6 Å². The maximum absolute atomic E-state index is 13.8. The van der Waals surface area contributed by atoms with Gasteiger partial charge in [-0.25, -0.2) is 17.8 Å². The molecule has 1 N–H and O–H groups in total. The number of sulfonamides is 1. The molecule has 2 fully saturated rings. The third kappa shape index (κ3) is 5.41. The molecular formula is C20H24F4N4O4S. The van der Waals surface area contributed by atoms with Gasteiger partial charge in [-0.1, -0.05) is 0 Å². The van der Waals surface area contributed by atoms with Crippen LogP contribution < -0.4 is 10.1 Å². The Hall–Kier alpha value is -2.38. The van der Waals surface area contributed by atoms with E-state index >= 15 is 0 Å². The number of hydrogen-bond acceptors (Lipinski definition) is 6. The highest BCUT2D eigenvalue weighted by Gasteiger charge is 2.44. The van der Waals surface area contributed by atoms with Gasteiger partial charge in [-0.3, -0.25) is 0 Å². The number of nitrogens with one attached hydrogen (secondary N) is 1. The molecule has 0 aliphatic carbocycles. The number of nitrogens with zero attached hydrogens (tertiary/aromatic N) is 3. The molecule has 8 nitrogen and oxygen atoms in total. The van der Waals surface area contributed by atoms with Crippen molar-refractivity contribution in [2.75, 3.05) is 31.6 Å². The Bertz CT molecular complexity index is 1090. The first kappa shape index (κ1) is 23.8. The van der Waals surface area contributed by atoms with E-state index in [1.165, 1.54) is 27.5 Å². The largest absolute Gasteiger partial charge is 0.573 e. The highest BCUT2D eigenvalue weighted by Crippen LogP contribution is 2.36. The SMILES string of the molecule is Cn1cnc(S(=O)(=O)N2C[C@H]([C@@H]3CCCOC3)[C@@H](Nc3ccc(F)c(OC(F)(F)F)c3)C2)c1. The van der Waals surface area contributed by atoms with Crippen LogP contribution in [0, 0.1) is 17.7 Å². The molecule has 0 unspecified atom stereocenters. The minimum absolute atomic E-state index is 0.0616. The van der Waals surface area contributed by atoms with Gasteiger partial charge in [-0.2, -0.15) is 4.31 Å². The number of hydrogen-bond donors (Lipinski definition) is 1. The van der Waals surface area contributed by atoms with Crippen LogP contribution in [0.4, 0.5) is 23.2 Å². The van der Waals surface area contributed by atoms with Crippen molar-refractivity contribution in [3.05, 3.63) is 36.5 Å². The maximum atomic E-state index is 13.8. The van der Waals surface area contributed by atoms with Crippen LogP contribution in [0.1, 0.15) is 12.8 Å². The average molecular weight is 492 g/mol. The lowest BCUT2D eigenvalue weighted by Crippen LogP contribution is -2.36. The Morgan fingerprint density at radius 3 is 2.70 bits per heavy atom. The fourth-order valence-electron chi connectivity index (χ4n) is 4.39. The number of aromatic nitrogens is 2. The normalized spacial score (nSPS) is 24.7. The molecule has 0 bridgehead atoms. The number of ether oxygens (including phenoxy) is 2. The van der Waals surface area contributed by atoms with Gasteiger partial charge in [-0.15, -0.1) is 13.2 Å². The second-order valence-corrected chi connectivity index (χ2v) is 10.2. The first-order valence-electron chi connectivity index (χ1n) is 10.4. The van der Waals surface area contributed by atoms with E-state index in [1.54, 1.807) is 7.05 Å². The zero-order valence-electron chi connectivity index (χ0n) is 17.8. The van der Waals surface area contributed by atoms with Crippen molar-refractivity contribution < 1.29 is 35.5 Å². The number of benzene rings is 1. The molecule has 3 atom stereocenters. The van der Waals surface area contributed by atoms with Gasteiger partial charge >= 0.3 is 6.36 Å². The molecule has 0 spiro atoms. The van der Waals surface area contributed by atoms with Crippen LogP contribution in [0.2, 0.25) is 0 Å². The van der Waals surface area contributed by atoms with Gasteiger partial charge in [0.05, 0.1) is 6.33 Å². The van der Waals surface area contributed by atoms with E-state index in [1.807, 2.05) is 0 Å². The molecule has 0 saturated carbocycles. The van der Waals surface area contributed by atoms with Crippen LogP contribution in [-0.2, 0) is 21.8 Å². The molecule has 1 aromatic heterocycles. The fraction of sp³-hybridized carbons (Fsp3) is 0.550. The van der Waals surface area contributed by atoms with Crippen molar-refractivity contribution in [2.24, 2.45) is 18.9 Å². The number of halogens is 4. The molecular weight excluding hydrogens is 468 g/mol. The van der Waals surface area contributed by atoms with Gasteiger partial charge in [-0.05, 0) is 36.8 Å². The van der Waals surface area contributed by atoms with E-state index in [-0.39, 0.29) is 35.6 Å². The zero-order valence-corrected chi connectivity index (χ0v) is 18.6. The monoisotopic (exact) mass is 492 g/mol. The van der Waals surface area contributed by atoms with Gasteiger partial charge in [0.25, 0.3) is 10.0 Å². The first-order valence-corrected chi connectivity index (χ1v) is 11.8. The maximum Gasteiger partial charge on any atom is 0.573 e. The zero-order chi connectivity index (χ0) is 23.8. The van der Waals surface area contributed by atoms with Crippen molar-refractivity contribution in [3.63, 3.8) is 0 Å². The molecule has 33 heavy (non-hydrogen) atoms. The highest BCUT2D eigenvalue weighted by atomic mass is 32.2.